The highest BCUT2D eigenvalue weighted by molar-refractivity contribution is 7.89. The minimum Gasteiger partial charge on any atom is -0.212 e. The van der Waals surface area contributed by atoms with Crippen LogP contribution in [0.25, 0.3) is 0 Å². The first-order valence-electron chi connectivity index (χ1n) is 4.47. The summed E-state index contributed by atoms with van der Waals surface area (Å²) >= 11 is 0. The fraction of sp³-hybridized carbons (Fsp3) is 1.00. The minimum absolute atomic E-state index is 0.206. The van der Waals surface area contributed by atoms with Gasteiger partial charge < -0.3 is 0 Å². The standard InChI is InChI=1S/C8H17NO2S/c1-7(2)12(10,11)9-6-4-5-8(9)3/h7-8H,4-6H2,1-3H3. The van der Waals surface area contributed by atoms with Crippen molar-refractivity contribution in [3.8, 4) is 0 Å². The van der Waals surface area contributed by atoms with Gasteiger partial charge in [-0.25, -0.2) is 8.42 Å². The molecule has 1 unspecified atom stereocenters. The van der Waals surface area contributed by atoms with Crippen molar-refractivity contribution in [1.29, 1.82) is 0 Å². The van der Waals surface area contributed by atoms with Crippen LogP contribution in [0.15, 0.2) is 0 Å². The number of rotatable bonds is 2. The number of hydrogen-bond acceptors (Lipinski definition) is 2. The Balaban J connectivity index is 2.82. The summed E-state index contributed by atoms with van der Waals surface area (Å²) in [5, 5.41) is -0.280. The maximum atomic E-state index is 11.7. The van der Waals surface area contributed by atoms with Crippen LogP contribution in [-0.4, -0.2) is 30.6 Å². The second-order valence-electron chi connectivity index (χ2n) is 3.70. The second kappa shape index (κ2) is 3.34. The molecule has 0 amide bonds. The molecule has 1 atom stereocenters. The predicted octanol–water partition coefficient (Wildman–Crippen LogP) is 1.21. The molecule has 0 radical (unpaired) electrons. The van der Waals surface area contributed by atoms with Crippen LogP contribution >= 0.6 is 0 Å². The zero-order chi connectivity index (χ0) is 9.35. The normalized spacial score (nSPS) is 26.8. The lowest BCUT2D eigenvalue weighted by atomic mass is 10.3. The van der Waals surface area contributed by atoms with Crippen LogP contribution in [-0.2, 0) is 10.0 Å². The van der Waals surface area contributed by atoms with E-state index in [1.165, 1.54) is 0 Å². The zero-order valence-corrected chi connectivity index (χ0v) is 8.76. The van der Waals surface area contributed by atoms with E-state index in [1.807, 2.05) is 6.92 Å². The van der Waals surface area contributed by atoms with Crippen molar-refractivity contribution in [2.24, 2.45) is 0 Å². The maximum absolute atomic E-state index is 11.7. The molecule has 1 fully saturated rings. The zero-order valence-electron chi connectivity index (χ0n) is 7.95. The topological polar surface area (TPSA) is 37.4 Å². The fourth-order valence-electron chi connectivity index (χ4n) is 1.56. The van der Waals surface area contributed by atoms with Crippen molar-refractivity contribution < 1.29 is 8.42 Å². The summed E-state index contributed by atoms with van der Waals surface area (Å²) in [5.74, 6) is 0. The Bertz CT molecular complexity index is 246. The van der Waals surface area contributed by atoms with Gasteiger partial charge in [-0.1, -0.05) is 0 Å². The van der Waals surface area contributed by atoms with Gasteiger partial charge in [0, 0.05) is 12.6 Å². The molecule has 0 bridgehead atoms. The summed E-state index contributed by atoms with van der Waals surface area (Å²) in [5.41, 5.74) is 0. The highest BCUT2D eigenvalue weighted by atomic mass is 32.2. The van der Waals surface area contributed by atoms with E-state index in [9.17, 15) is 8.42 Å². The molecule has 3 nitrogen and oxygen atoms in total. The van der Waals surface area contributed by atoms with Gasteiger partial charge in [0.25, 0.3) is 0 Å². The average molecular weight is 191 g/mol. The Morgan fingerprint density at radius 3 is 2.33 bits per heavy atom. The van der Waals surface area contributed by atoms with Crippen LogP contribution in [0, 0.1) is 0 Å². The summed E-state index contributed by atoms with van der Waals surface area (Å²) in [7, 11) is -2.99. The summed E-state index contributed by atoms with van der Waals surface area (Å²) in [6.07, 6.45) is 2.01. The van der Waals surface area contributed by atoms with Gasteiger partial charge in [0.05, 0.1) is 5.25 Å². The first-order valence-corrected chi connectivity index (χ1v) is 5.97. The number of hydrogen-bond donors (Lipinski definition) is 0. The van der Waals surface area contributed by atoms with E-state index < -0.39 is 10.0 Å². The highest BCUT2D eigenvalue weighted by Gasteiger charge is 2.32. The van der Waals surface area contributed by atoms with Gasteiger partial charge in [0.1, 0.15) is 0 Å². The largest absolute Gasteiger partial charge is 0.216 e. The molecule has 0 aliphatic carbocycles. The predicted molar refractivity (Wildman–Crippen MR) is 49.5 cm³/mol. The van der Waals surface area contributed by atoms with Crippen molar-refractivity contribution in [3.63, 3.8) is 0 Å². The van der Waals surface area contributed by atoms with Gasteiger partial charge in [-0.3, -0.25) is 0 Å². The average Bonchev–Trinajstić information content (AvgIpc) is 2.35. The van der Waals surface area contributed by atoms with Crippen molar-refractivity contribution in [3.05, 3.63) is 0 Å². The molecule has 1 rings (SSSR count). The lowest BCUT2D eigenvalue weighted by Crippen LogP contribution is -2.38. The van der Waals surface area contributed by atoms with Crippen molar-refractivity contribution in [2.45, 2.75) is 44.9 Å². The molecule has 1 aliphatic rings. The quantitative estimate of drug-likeness (QED) is 0.658. The van der Waals surface area contributed by atoms with Gasteiger partial charge in [-0.15, -0.1) is 0 Å². The van der Waals surface area contributed by atoms with Crippen LogP contribution in [0.5, 0.6) is 0 Å². The Kier molecular flexibility index (Phi) is 2.78. The fourth-order valence-corrected chi connectivity index (χ4v) is 3.09. The van der Waals surface area contributed by atoms with Crippen LogP contribution in [0.3, 0.4) is 0 Å². The summed E-state index contributed by atoms with van der Waals surface area (Å²) < 4.78 is 25.0. The highest BCUT2D eigenvalue weighted by Crippen LogP contribution is 2.22. The molecule has 72 valence electrons. The first-order chi connectivity index (χ1) is 5.46. The van der Waals surface area contributed by atoms with Gasteiger partial charge in [0.15, 0.2) is 0 Å². The summed E-state index contributed by atoms with van der Waals surface area (Å²) in [6.45, 7) is 6.16. The Morgan fingerprint density at radius 2 is 2.00 bits per heavy atom. The molecule has 0 saturated carbocycles. The van der Waals surface area contributed by atoms with Crippen LogP contribution in [0.1, 0.15) is 33.6 Å². The van der Waals surface area contributed by atoms with E-state index >= 15 is 0 Å². The third-order valence-corrected chi connectivity index (χ3v) is 4.80. The van der Waals surface area contributed by atoms with Crippen molar-refractivity contribution >= 4 is 10.0 Å². The lowest BCUT2D eigenvalue weighted by molar-refractivity contribution is 0.403. The molecule has 1 saturated heterocycles. The molecule has 0 N–H and O–H groups in total. The van der Waals surface area contributed by atoms with Gasteiger partial charge in [0.2, 0.25) is 10.0 Å². The van der Waals surface area contributed by atoms with E-state index in [-0.39, 0.29) is 11.3 Å². The van der Waals surface area contributed by atoms with E-state index in [1.54, 1.807) is 18.2 Å². The van der Waals surface area contributed by atoms with Crippen LogP contribution in [0.2, 0.25) is 0 Å². The summed E-state index contributed by atoms with van der Waals surface area (Å²) in [6, 6.07) is 0.206. The molecule has 12 heavy (non-hydrogen) atoms. The van der Waals surface area contributed by atoms with Gasteiger partial charge in [-0.2, -0.15) is 4.31 Å². The molecule has 0 aromatic heterocycles. The van der Waals surface area contributed by atoms with E-state index in [0.717, 1.165) is 12.8 Å². The van der Waals surface area contributed by atoms with Crippen LogP contribution in [0.4, 0.5) is 0 Å². The molecular formula is C8H17NO2S. The first kappa shape index (κ1) is 9.99. The third-order valence-electron chi connectivity index (χ3n) is 2.41. The molecule has 1 aliphatic heterocycles. The smallest absolute Gasteiger partial charge is 0.212 e. The van der Waals surface area contributed by atoms with E-state index in [0.29, 0.717) is 6.54 Å². The lowest BCUT2D eigenvalue weighted by Gasteiger charge is -2.22. The molecule has 4 heteroatoms. The minimum atomic E-state index is -2.99. The van der Waals surface area contributed by atoms with E-state index in [4.69, 9.17) is 0 Å². The SMILES string of the molecule is CC1CCCN1S(=O)(=O)C(C)C. The molecule has 1 heterocycles. The number of nitrogens with zero attached hydrogens (tertiary/aromatic N) is 1. The molecule has 0 aromatic rings. The Labute approximate surface area is 74.8 Å². The van der Waals surface area contributed by atoms with Gasteiger partial charge in [-0.05, 0) is 33.6 Å². The summed E-state index contributed by atoms with van der Waals surface area (Å²) in [4.78, 5) is 0. The number of sulfonamides is 1. The van der Waals surface area contributed by atoms with Crippen molar-refractivity contribution in [1.82, 2.24) is 4.31 Å². The maximum Gasteiger partial charge on any atom is 0.216 e. The third kappa shape index (κ3) is 1.64. The molecular weight excluding hydrogens is 174 g/mol. The van der Waals surface area contributed by atoms with Crippen molar-refractivity contribution in [2.75, 3.05) is 6.54 Å². The van der Waals surface area contributed by atoms with E-state index in [2.05, 4.69) is 0 Å². The molecule has 0 aromatic carbocycles. The Morgan fingerprint density at radius 1 is 1.42 bits per heavy atom. The monoisotopic (exact) mass is 191 g/mol. The van der Waals surface area contributed by atoms with Gasteiger partial charge >= 0.3 is 0 Å². The van der Waals surface area contributed by atoms with Crippen LogP contribution < -0.4 is 0 Å². The Hall–Kier alpha value is -0.0900. The second-order valence-corrected chi connectivity index (χ2v) is 6.14. The molecule has 0 spiro atoms.